The van der Waals surface area contributed by atoms with Gasteiger partial charge in [0.05, 0.1) is 18.4 Å². The Bertz CT molecular complexity index is 687. The third-order valence-corrected chi connectivity index (χ3v) is 3.91. The summed E-state index contributed by atoms with van der Waals surface area (Å²) in [5, 5.41) is 9.20. The Hall–Kier alpha value is -2.74. The number of benzene rings is 1. The summed E-state index contributed by atoms with van der Waals surface area (Å²) in [6.07, 6.45) is 1.74. The molecule has 5 heteroatoms. The Morgan fingerprint density at radius 2 is 1.77 bits per heavy atom. The van der Waals surface area contributed by atoms with Crippen molar-refractivity contribution in [3.8, 4) is 11.8 Å². The van der Waals surface area contributed by atoms with E-state index in [0.717, 1.165) is 43.4 Å². The highest BCUT2D eigenvalue weighted by molar-refractivity contribution is 5.60. The number of ether oxygens (including phenoxy) is 1. The van der Waals surface area contributed by atoms with Gasteiger partial charge < -0.3 is 14.5 Å². The highest BCUT2D eigenvalue weighted by atomic mass is 16.5. The molecule has 0 saturated carbocycles. The molecule has 1 aromatic carbocycles. The summed E-state index contributed by atoms with van der Waals surface area (Å²) in [4.78, 5) is 8.85. The second-order valence-corrected chi connectivity index (χ2v) is 5.13. The maximum absolute atomic E-state index is 9.20. The van der Waals surface area contributed by atoms with Crippen molar-refractivity contribution in [2.24, 2.45) is 0 Å². The van der Waals surface area contributed by atoms with Crippen LogP contribution in [-0.2, 0) is 0 Å². The van der Waals surface area contributed by atoms with E-state index in [1.807, 2.05) is 24.3 Å². The van der Waals surface area contributed by atoms with Gasteiger partial charge in [-0.1, -0.05) is 12.1 Å². The number of para-hydroxylation sites is 2. The number of nitrogens with zero attached hydrogens (tertiary/aromatic N) is 4. The summed E-state index contributed by atoms with van der Waals surface area (Å²) in [6.45, 7) is 3.43. The molecule has 1 fully saturated rings. The molecule has 112 valence electrons. The summed E-state index contributed by atoms with van der Waals surface area (Å²) >= 11 is 0. The van der Waals surface area contributed by atoms with Crippen LogP contribution in [0, 0.1) is 11.3 Å². The predicted octanol–water partition coefficient (Wildman–Crippen LogP) is 2.29. The molecule has 3 rings (SSSR count). The van der Waals surface area contributed by atoms with Crippen LogP contribution in [0.2, 0.25) is 0 Å². The lowest BCUT2D eigenvalue weighted by Crippen LogP contribution is -2.47. The Labute approximate surface area is 130 Å². The van der Waals surface area contributed by atoms with Gasteiger partial charge in [-0.15, -0.1) is 0 Å². The molecule has 0 radical (unpaired) electrons. The summed E-state index contributed by atoms with van der Waals surface area (Å²) in [5.41, 5.74) is 1.75. The lowest BCUT2D eigenvalue weighted by atomic mass is 10.2. The first-order valence-corrected chi connectivity index (χ1v) is 7.31. The summed E-state index contributed by atoms with van der Waals surface area (Å²) in [7, 11) is 1.70. The summed E-state index contributed by atoms with van der Waals surface area (Å²) in [6, 6.07) is 13.9. The highest BCUT2D eigenvalue weighted by Crippen LogP contribution is 2.29. The fourth-order valence-corrected chi connectivity index (χ4v) is 2.79. The minimum atomic E-state index is 0.633. The molecule has 1 aromatic heterocycles. The monoisotopic (exact) mass is 294 g/mol. The van der Waals surface area contributed by atoms with E-state index in [4.69, 9.17) is 4.74 Å². The van der Waals surface area contributed by atoms with Gasteiger partial charge in [-0.05, 0) is 24.3 Å². The summed E-state index contributed by atoms with van der Waals surface area (Å²) < 4.78 is 5.44. The van der Waals surface area contributed by atoms with E-state index < -0.39 is 0 Å². The first kappa shape index (κ1) is 14.2. The molecule has 1 saturated heterocycles. The van der Waals surface area contributed by atoms with Crippen LogP contribution in [0.25, 0.3) is 0 Å². The second-order valence-electron chi connectivity index (χ2n) is 5.13. The molecule has 2 aromatic rings. The number of hydrogen-bond donors (Lipinski definition) is 0. The summed E-state index contributed by atoms with van der Waals surface area (Å²) in [5.74, 6) is 1.68. The molecule has 22 heavy (non-hydrogen) atoms. The van der Waals surface area contributed by atoms with Crippen molar-refractivity contribution in [1.82, 2.24) is 4.98 Å². The Morgan fingerprint density at radius 3 is 2.50 bits per heavy atom. The van der Waals surface area contributed by atoms with Crippen molar-refractivity contribution in [3.63, 3.8) is 0 Å². The zero-order chi connectivity index (χ0) is 15.4. The van der Waals surface area contributed by atoms with Crippen LogP contribution in [0.4, 0.5) is 11.5 Å². The fraction of sp³-hybridized carbons (Fsp3) is 0.294. The maximum atomic E-state index is 9.20. The van der Waals surface area contributed by atoms with Crippen LogP contribution < -0.4 is 14.5 Å². The van der Waals surface area contributed by atoms with E-state index in [0.29, 0.717) is 5.56 Å². The van der Waals surface area contributed by atoms with Crippen molar-refractivity contribution in [1.29, 1.82) is 5.26 Å². The second kappa shape index (κ2) is 6.35. The molecule has 0 bridgehead atoms. The van der Waals surface area contributed by atoms with E-state index in [1.165, 1.54) is 0 Å². The van der Waals surface area contributed by atoms with E-state index in [2.05, 4.69) is 26.9 Å². The molecule has 0 atom stereocenters. The average Bonchev–Trinajstić information content (AvgIpc) is 2.62. The average molecular weight is 294 g/mol. The van der Waals surface area contributed by atoms with Crippen molar-refractivity contribution in [2.75, 3.05) is 43.1 Å². The molecule has 0 N–H and O–H groups in total. The van der Waals surface area contributed by atoms with Gasteiger partial charge in [0, 0.05) is 32.4 Å². The van der Waals surface area contributed by atoms with Crippen molar-refractivity contribution < 1.29 is 4.74 Å². The molecular weight excluding hydrogens is 276 g/mol. The first-order chi connectivity index (χ1) is 10.8. The van der Waals surface area contributed by atoms with E-state index in [-0.39, 0.29) is 0 Å². The zero-order valence-corrected chi connectivity index (χ0v) is 12.6. The molecule has 2 heterocycles. The quantitative estimate of drug-likeness (QED) is 0.869. The number of rotatable bonds is 3. The van der Waals surface area contributed by atoms with Gasteiger partial charge in [-0.25, -0.2) is 4.98 Å². The number of methoxy groups -OCH3 is 1. The molecule has 0 unspecified atom stereocenters. The van der Waals surface area contributed by atoms with Gasteiger partial charge in [0.1, 0.15) is 17.6 Å². The molecular formula is C17H18N4O. The molecule has 0 amide bonds. The number of nitriles is 1. The third kappa shape index (κ3) is 2.68. The number of anilines is 2. The minimum absolute atomic E-state index is 0.633. The Balaban J connectivity index is 1.74. The zero-order valence-electron chi connectivity index (χ0n) is 12.6. The van der Waals surface area contributed by atoms with Crippen LogP contribution in [0.5, 0.6) is 5.75 Å². The normalized spacial score (nSPS) is 14.5. The Kier molecular flexibility index (Phi) is 4.10. The third-order valence-electron chi connectivity index (χ3n) is 3.91. The largest absolute Gasteiger partial charge is 0.495 e. The van der Waals surface area contributed by atoms with Crippen molar-refractivity contribution >= 4 is 11.5 Å². The molecule has 5 nitrogen and oxygen atoms in total. The minimum Gasteiger partial charge on any atom is -0.495 e. The topological polar surface area (TPSA) is 52.4 Å². The van der Waals surface area contributed by atoms with Gasteiger partial charge in [0.2, 0.25) is 0 Å². The van der Waals surface area contributed by atoms with Crippen LogP contribution in [-0.4, -0.2) is 38.3 Å². The van der Waals surface area contributed by atoms with E-state index >= 15 is 0 Å². The van der Waals surface area contributed by atoms with Gasteiger partial charge >= 0.3 is 0 Å². The lowest BCUT2D eigenvalue weighted by Gasteiger charge is -2.37. The van der Waals surface area contributed by atoms with Crippen molar-refractivity contribution in [3.05, 3.63) is 48.2 Å². The predicted molar refractivity (Wildman–Crippen MR) is 86.4 cm³/mol. The SMILES string of the molecule is COc1ccccc1N1CCN(c2ncccc2C#N)CC1. The van der Waals surface area contributed by atoms with Crippen LogP contribution in [0.15, 0.2) is 42.6 Å². The number of hydrogen-bond acceptors (Lipinski definition) is 5. The van der Waals surface area contributed by atoms with Crippen LogP contribution in [0.1, 0.15) is 5.56 Å². The van der Waals surface area contributed by atoms with Crippen LogP contribution in [0.3, 0.4) is 0 Å². The molecule has 0 aliphatic carbocycles. The maximum Gasteiger partial charge on any atom is 0.146 e. The van der Waals surface area contributed by atoms with Gasteiger partial charge in [0.15, 0.2) is 0 Å². The number of piperazine rings is 1. The molecule has 1 aliphatic rings. The van der Waals surface area contributed by atoms with Gasteiger partial charge in [-0.3, -0.25) is 0 Å². The smallest absolute Gasteiger partial charge is 0.146 e. The van der Waals surface area contributed by atoms with E-state index in [1.54, 1.807) is 19.4 Å². The van der Waals surface area contributed by atoms with Gasteiger partial charge in [-0.2, -0.15) is 5.26 Å². The lowest BCUT2D eigenvalue weighted by molar-refractivity contribution is 0.413. The van der Waals surface area contributed by atoms with Crippen molar-refractivity contribution in [2.45, 2.75) is 0 Å². The first-order valence-electron chi connectivity index (χ1n) is 7.31. The molecule has 0 spiro atoms. The molecule has 1 aliphatic heterocycles. The standard InChI is InChI=1S/C17H18N4O/c1-22-16-7-3-2-6-15(16)20-9-11-21(12-10-20)17-14(13-18)5-4-8-19-17/h2-8H,9-12H2,1H3. The fourth-order valence-electron chi connectivity index (χ4n) is 2.79. The Morgan fingerprint density at radius 1 is 1.05 bits per heavy atom. The number of pyridine rings is 1. The highest BCUT2D eigenvalue weighted by Gasteiger charge is 2.21. The van der Waals surface area contributed by atoms with Crippen LogP contribution >= 0.6 is 0 Å². The number of aromatic nitrogens is 1. The van der Waals surface area contributed by atoms with Gasteiger partial charge in [0.25, 0.3) is 0 Å². The van der Waals surface area contributed by atoms with E-state index in [9.17, 15) is 5.26 Å².